The van der Waals surface area contributed by atoms with Crippen molar-refractivity contribution < 1.29 is 4.79 Å². The molecule has 1 aromatic heterocycles. The van der Waals surface area contributed by atoms with E-state index in [-0.39, 0.29) is 5.91 Å². The number of aromatic amines is 1. The van der Waals surface area contributed by atoms with E-state index in [4.69, 9.17) is 0 Å². The zero-order valence-corrected chi connectivity index (χ0v) is 15.5. The van der Waals surface area contributed by atoms with E-state index in [1.807, 2.05) is 17.2 Å². The van der Waals surface area contributed by atoms with Crippen molar-refractivity contribution >= 4 is 16.7 Å². The molecular weight excluding hydrogens is 334 g/mol. The lowest BCUT2D eigenvalue weighted by atomic mass is 9.89. The van der Waals surface area contributed by atoms with Gasteiger partial charge in [-0.15, -0.1) is 6.58 Å². The standard InChI is InChI=1S/C23H25N3O/c1-2-3-13-22(27)26-14-7-10-18(16-26)23-21(15-24-25-23)20-12-6-9-17-8-4-5-11-19(17)20/h2,4-6,8-9,11-12,15,18H,1,3,7,10,13-14,16H2,(H,24,25). The van der Waals surface area contributed by atoms with Gasteiger partial charge in [-0.25, -0.2) is 0 Å². The van der Waals surface area contributed by atoms with E-state index < -0.39 is 0 Å². The Morgan fingerprint density at radius 3 is 2.96 bits per heavy atom. The molecule has 1 unspecified atom stereocenters. The van der Waals surface area contributed by atoms with E-state index in [0.29, 0.717) is 12.3 Å². The Hall–Kier alpha value is -2.88. The highest BCUT2D eigenvalue weighted by molar-refractivity contribution is 5.97. The number of amides is 1. The molecule has 4 nitrogen and oxygen atoms in total. The molecule has 3 aromatic rings. The summed E-state index contributed by atoms with van der Waals surface area (Å²) < 4.78 is 0. The number of fused-ring (bicyclic) bond motifs is 1. The molecule has 0 radical (unpaired) electrons. The van der Waals surface area contributed by atoms with Gasteiger partial charge in [-0.2, -0.15) is 5.10 Å². The number of hydrogen-bond donors (Lipinski definition) is 1. The monoisotopic (exact) mass is 359 g/mol. The van der Waals surface area contributed by atoms with Crippen LogP contribution < -0.4 is 0 Å². The van der Waals surface area contributed by atoms with Crippen molar-refractivity contribution in [1.29, 1.82) is 0 Å². The van der Waals surface area contributed by atoms with Gasteiger partial charge in [0.1, 0.15) is 0 Å². The lowest BCUT2D eigenvalue weighted by Crippen LogP contribution is -2.39. The molecule has 138 valence electrons. The number of piperidine rings is 1. The van der Waals surface area contributed by atoms with E-state index >= 15 is 0 Å². The molecule has 0 saturated carbocycles. The maximum atomic E-state index is 12.5. The van der Waals surface area contributed by atoms with Gasteiger partial charge in [0.25, 0.3) is 0 Å². The van der Waals surface area contributed by atoms with Crippen LogP contribution in [0.15, 0.2) is 61.3 Å². The van der Waals surface area contributed by atoms with Crippen molar-refractivity contribution in [2.75, 3.05) is 13.1 Å². The molecule has 1 fully saturated rings. The van der Waals surface area contributed by atoms with Gasteiger partial charge in [-0.3, -0.25) is 9.89 Å². The minimum Gasteiger partial charge on any atom is -0.342 e. The first-order chi connectivity index (χ1) is 13.3. The van der Waals surface area contributed by atoms with Gasteiger partial charge in [-0.05, 0) is 35.6 Å². The summed E-state index contributed by atoms with van der Waals surface area (Å²) >= 11 is 0. The molecule has 1 N–H and O–H groups in total. The fourth-order valence-electron chi connectivity index (χ4n) is 4.11. The lowest BCUT2D eigenvalue weighted by molar-refractivity contribution is -0.132. The topological polar surface area (TPSA) is 49.0 Å². The molecule has 27 heavy (non-hydrogen) atoms. The Morgan fingerprint density at radius 2 is 2.07 bits per heavy atom. The van der Waals surface area contributed by atoms with Crippen LogP contribution in [-0.4, -0.2) is 34.1 Å². The van der Waals surface area contributed by atoms with Crippen LogP contribution in [0, 0.1) is 0 Å². The molecule has 1 amide bonds. The normalized spacial score (nSPS) is 17.2. The Kier molecular flexibility index (Phi) is 5.05. The third-order valence-corrected chi connectivity index (χ3v) is 5.49. The van der Waals surface area contributed by atoms with Crippen molar-refractivity contribution in [3.63, 3.8) is 0 Å². The van der Waals surface area contributed by atoms with E-state index in [9.17, 15) is 4.79 Å². The second-order valence-electron chi connectivity index (χ2n) is 7.23. The summed E-state index contributed by atoms with van der Waals surface area (Å²) in [6.45, 7) is 5.33. The first-order valence-electron chi connectivity index (χ1n) is 9.68. The van der Waals surface area contributed by atoms with E-state index in [0.717, 1.165) is 43.6 Å². The molecule has 0 aliphatic carbocycles. The SMILES string of the molecule is C=CCCC(=O)N1CCCC(c2[nH]ncc2-c2cccc3ccccc23)C1. The number of hydrogen-bond acceptors (Lipinski definition) is 2. The highest BCUT2D eigenvalue weighted by Crippen LogP contribution is 2.36. The number of benzene rings is 2. The van der Waals surface area contributed by atoms with Crippen LogP contribution in [0.5, 0.6) is 0 Å². The third kappa shape index (κ3) is 3.52. The van der Waals surface area contributed by atoms with Gasteiger partial charge >= 0.3 is 0 Å². The molecule has 4 rings (SSSR count). The zero-order chi connectivity index (χ0) is 18.6. The molecule has 1 aliphatic rings. The number of carbonyl (C=O) groups is 1. The van der Waals surface area contributed by atoms with Crippen LogP contribution in [0.4, 0.5) is 0 Å². The predicted molar refractivity (Wildman–Crippen MR) is 110 cm³/mol. The van der Waals surface area contributed by atoms with Gasteiger partial charge < -0.3 is 4.90 Å². The summed E-state index contributed by atoms with van der Waals surface area (Å²) in [5.41, 5.74) is 3.50. The summed E-state index contributed by atoms with van der Waals surface area (Å²) in [7, 11) is 0. The maximum Gasteiger partial charge on any atom is 0.222 e. The quantitative estimate of drug-likeness (QED) is 0.659. The minimum atomic E-state index is 0.228. The lowest BCUT2D eigenvalue weighted by Gasteiger charge is -2.33. The molecule has 1 aliphatic heterocycles. The highest BCUT2D eigenvalue weighted by atomic mass is 16.2. The van der Waals surface area contributed by atoms with Crippen molar-refractivity contribution in [3.8, 4) is 11.1 Å². The van der Waals surface area contributed by atoms with Crippen LogP contribution in [-0.2, 0) is 4.79 Å². The second-order valence-corrected chi connectivity index (χ2v) is 7.23. The summed E-state index contributed by atoms with van der Waals surface area (Å²) in [6, 6.07) is 14.8. The number of rotatable bonds is 5. The predicted octanol–water partition coefficient (Wildman–Crippen LogP) is 4.90. The summed E-state index contributed by atoms with van der Waals surface area (Å²) in [6.07, 6.45) is 7.13. The number of aromatic nitrogens is 2. The van der Waals surface area contributed by atoms with Crippen LogP contribution in [0.1, 0.15) is 37.3 Å². The number of nitrogens with one attached hydrogen (secondary N) is 1. The first kappa shape index (κ1) is 17.5. The number of H-pyrrole nitrogens is 1. The van der Waals surface area contributed by atoms with Crippen molar-refractivity contribution in [1.82, 2.24) is 15.1 Å². The molecule has 4 heteroatoms. The molecule has 2 heterocycles. The van der Waals surface area contributed by atoms with Gasteiger partial charge in [0.05, 0.1) is 6.20 Å². The molecule has 2 aromatic carbocycles. The molecule has 0 spiro atoms. The molecule has 1 saturated heterocycles. The molecular formula is C23H25N3O. The summed E-state index contributed by atoms with van der Waals surface area (Å²) in [4.78, 5) is 14.5. The minimum absolute atomic E-state index is 0.228. The number of likely N-dealkylation sites (tertiary alicyclic amines) is 1. The summed E-state index contributed by atoms with van der Waals surface area (Å²) in [5.74, 6) is 0.522. The smallest absolute Gasteiger partial charge is 0.222 e. The first-order valence-corrected chi connectivity index (χ1v) is 9.68. The summed E-state index contributed by atoms with van der Waals surface area (Å²) in [5, 5.41) is 10.1. The van der Waals surface area contributed by atoms with Crippen LogP contribution in [0.2, 0.25) is 0 Å². The largest absolute Gasteiger partial charge is 0.342 e. The Balaban J connectivity index is 1.64. The van der Waals surface area contributed by atoms with Crippen molar-refractivity contribution in [2.45, 2.75) is 31.6 Å². The Morgan fingerprint density at radius 1 is 1.22 bits per heavy atom. The average Bonchev–Trinajstić information content (AvgIpc) is 3.21. The highest BCUT2D eigenvalue weighted by Gasteiger charge is 2.27. The van der Waals surface area contributed by atoms with Gasteiger partial charge in [0, 0.05) is 36.7 Å². The zero-order valence-electron chi connectivity index (χ0n) is 15.5. The van der Waals surface area contributed by atoms with E-state index in [2.05, 4.69) is 59.2 Å². The van der Waals surface area contributed by atoms with E-state index in [1.54, 1.807) is 0 Å². The molecule has 0 bridgehead atoms. The number of carbonyl (C=O) groups excluding carboxylic acids is 1. The fourth-order valence-corrected chi connectivity index (χ4v) is 4.11. The third-order valence-electron chi connectivity index (χ3n) is 5.49. The van der Waals surface area contributed by atoms with Crippen molar-refractivity contribution in [3.05, 3.63) is 67.0 Å². The van der Waals surface area contributed by atoms with Crippen LogP contribution >= 0.6 is 0 Å². The number of nitrogens with zero attached hydrogens (tertiary/aromatic N) is 2. The second kappa shape index (κ2) is 7.78. The van der Waals surface area contributed by atoms with Gasteiger partial charge in [-0.1, -0.05) is 48.5 Å². The Bertz CT molecular complexity index is 954. The molecule has 1 atom stereocenters. The van der Waals surface area contributed by atoms with Crippen LogP contribution in [0.3, 0.4) is 0 Å². The Labute approximate surface area is 159 Å². The average molecular weight is 359 g/mol. The number of allylic oxidation sites excluding steroid dienone is 1. The van der Waals surface area contributed by atoms with Crippen LogP contribution in [0.25, 0.3) is 21.9 Å². The van der Waals surface area contributed by atoms with Crippen molar-refractivity contribution in [2.24, 2.45) is 0 Å². The van der Waals surface area contributed by atoms with Gasteiger partial charge in [0.15, 0.2) is 0 Å². The fraction of sp³-hybridized carbons (Fsp3) is 0.304. The van der Waals surface area contributed by atoms with Gasteiger partial charge in [0.2, 0.25) is 5.91 Å². The van der Waals surface area contributed by atoms with E-state index in [1.165, 1.54) is 16.3 Å². The maximum absolute atomic E-state index is 12.5.